The summed E-state index contributed by atoms with van der Waals surface area (Å²) in [5.74, 6) is 0.940. The molecule has 0 atom stereocenters. The van der Waals surface area contributed by atoms with Gasteiger partial charge in [-0.2, -0.15) is 0 Å². The van der Waals surface area contributed by atoms with Gasteiger partial charge < -0.3 is 4.74 Å². The van der Waals surface area contributed by atoms with Gasteiger partial charge in [0.1, 0.15) is 10.8 Å². The fraction of sp³-hybridized carbons (Fsp3) is 0.316. The number of fused-ring (bicyclic) bond motifs is 1. The van der Waals surface area contributed by atoms with Crippen LogP contribution in [0.2, 0.25) is 0 Å². The fourth-order valence-electron chi connectivity index (χ4n) is 2.35. The molecule has 0 saturated heterocycles. The number of thiazole rings is 1. The first-order chi connectivity index (χ1) is 10.9. The molecule has 2 aromatic carbocycles. The van der Waals surface area contributed by atoms with Crippen LogP contribution in [0, 0.1) is 6.07 Å². The third-order valence-corrected chi connectivity index (χ3v) is 4.67. The summed E-state index contributed by atoms with van der Waals surface area (Å²) in [5, 5.41) is 1.05. The summed E-state index contributed by atoms with van der Waals surface area (Å²) in [6, 6.07) is 17.2. The van der Waals surface area contributed by atoms with E-state index < -0.39 is 0 Å². The lowest BCUT2D eigenvalue weighted by atomic mass is 10.2. The van der Waals surface area contributed by atoms with Crippen molar-refractivity contribution in [3.05, 3.63) is 48.5 Å². The summed E-state index contributed by atoms with van der Waals surface area (Å²) in [6.07, 6.45) is 4.92. The van der Waals surface area contributed by atoms with Crippen LogP contribution in [0.1, 0.15) is 32.6 Å². The maximum absolute atomic E-state index is 5.78. The molecule has 0 N–H and O–H groups in total. The predicted octanol–water partition coefficient (Wildman–Crippen LogP) is 5.72. The molecule has 0 saturated carbocycles. The van der Waals surface area contributed by atoms with Crippen LogP contribution >= 0.6 is 11.3 Å². The van der Waals surface area contributed by atoms with Crippen molar-refractivity contribution in [1.82, 2.24) is 4.98 Å². The second-order valence-corrected chi connectivity index (χ2v) is 6.38. The molecule has 1 aromatic heterocycles. The Balaban J connectivity index is 1.63. The van der Waals surface area contributed by atoms with Crippen LogP contribution in [-0.2, 0) is 0 Å². The molecule has 0 amide bonds. The molecular weight excluding hydrogens is 290 g/mol. The molecule has 0 aliphatic rings. The Hall–Kier alpha value is -1.87. The molecule has 3 rings (SSSR count). The average Bonchev–Trinajstić information content (AvgIpc) is 2.99. The van der Waals surface area contributed by atoms with Crippen molar-refractivity contribution in [2.45, 2.75) is 32.6 Å². The Kier molecular flexibility index (Phi) is 5.07. The third kappa shape index (κ3) is 3.66. The lowest BCUT2D eigenvalue weighted by molar-refractivity contribution is 0.305. The van der Waals surface area contributed by atoms with Gasteiger partial charge in [-0.3, -0.25) is 0 Å². The standard InChI is InChI=1S/C19H20NOS/c1-2-3-4-7-14-21-16-12-10-15(11-13-16)19-20-17-8-5-6-9-18(17)22-19/h5,8-13H,2-4,7,14H2,1H3. The fourth-order valence-corrected chi connectivity index (χ4v) is 3.30. The second kappa shape index (κ2) is 7.41. The number of benzene rings is 2. The van der Waals surface area contributed by atoms with Crippen molar-refractivity contribution < 1.29 is 4.74 Å². The van der Waals surface area contributed by atoms with E-state index >= 15 is 0 Å². The van der Waals surface area contributed by atoms with Gasteiger partial charge in [0.15, 0.2) is 0 Å². The number of ether oxygens (including phenoxy) is 1. The second-order valence-electron chi connectivity index (χ2n) is 5.35. The van der Waals surface area contributed by atoms with Crippen molar-refractivity contribution >= 4 is 21.6 Å². The van der Waals surface area contributed by atoms with Crippen LogP contribution < -0.4 is 4.74 Å². The molecule has 0 unspecified atom stereocenters. The van der Waals surface area contributed by atoms with E-state index in [1.54, 1.807) is 11.3 Å². The normalized spacial score (nSPS) is 11.0. The highest BCUT2D eigenvalue weighted by molar-refractivity contribution is 7.21. The Morgan fingerprint density at radius 3 is 2.73 bits per heavy atom. The van der Waals surface area contributed by atoms with Crippen molar-refractivity contribution in [2.24, 2.45) is 0 Å². The number of unbranched alkanes of at least 4 members (excludes halogenated alkanes) is 3. The van der Waals surface area contributed by atoms with E-state index in [0.717, 1.165) is 34.9 Å². The van der Waals surface area contributed by atoms with Gasteiger partial charge in [-0.1, -0.05) is 32.3 Å². The van der Waals surface area contributed by atoms with E-state index in [1.165, 1.54) is 24.0 Å². The number of hydrogen-bond donors (Lipinski definition) is 0. The molecule has 0 fully saturated rings. The minimum atomic E-state index is 0.802. The van der Waals surface area contributed by atoms with Crippen molar-refractivity contribution in [1.29, 1.82) is 0 Å². The zero-order valence-electron chi connectivity index (χ0n) is 12.8. The van der Waals surface area contributed by atoms with E-state index in [4.69, 9.17) is 4.74 Å². The highest BCUT2D eigenvalue weighted by Crippen LogP contribution is 2.30. The molecule has 22 heavy (non-hydrogen) atoms. The monoisotopic (exact) mass is 310 g/mol. The van der Waals surface area contributed by atoms with Gasteiger partial charge in [-0.05, 0) is 48.9 Å². The van der Waals surface area contributed by atoms with E-state index in [1.807, 2.05) is 30.3 Å². The molecule has 1 radical (unpaired) electrons. The number of nitrogens with zero attached hydrogens (tertiary/aromatic N) is 1. The van der Waals surface area contributed by atoms with E-state index in [2.05, 4.69) is 30.1 Å². The molecule has 1 heterocycles. The minimum Gasteiger partial charge on any atom is -0.494 e. The number of aromatic nitrogens is 1. The minimum absolute atomic E-state index is 0.802. The van der Waals surface area contributed by atoms with E-state index in [0.29, 0.717) is 0 Å². The molecule has 3 aromatic rings. The topological polar surface area (TPSA) is 22.1 Å². The Bertz CT molecular complexity index is 685. The van der Waals surface area contributed by atoms with Gasteiger partial charge in [0.05, 0.1) is 16.8 Å². The van der Waals surface area contributed by atoms with Gasteiger partial charge in [-0.25, -0.2) is 4.98 Å². The first-order valence-electron chi connectivity index (χ1n) is 7.86. The highest BCUT2D eigenvalue weighted by atomic mass is 32.1. The Morgan fingerprint density at radius 1 is 1.09 bits per heavy atom. The van der Waals surface area contributed by atoms with Crippen molar-refractivity contribution in [3.63, 3.8) is 0 Å². The lowest BCUT2D eigenvalue weighted by Crippen LogP contribution is -1.96. The average molecular weight is 310 g/mol. The summed E-state index contributed by atoms with van der Waals surface area (Å²) in [4.78, 5) is 4.67. The van der Waals surface area contributed by atoms with Gasteiger partial charge in [-0.15, -0.1) is 11.3 Å². The summed E-state index contributed by atoms with van der Waals surface area (Å²) in [6.45, 7) is 3.02. The molecular formula is C19H20NOS. The van der Waals surface area contributed by atoms with Gasteiger partial charge in [0, 0.05) is 5.56 Å². The van der Waals surface area contributed by atoms with Gasteiger partial charge in [0.25, 0.3) is 0 Å². The summed E-state index contributed by atoms with van der Waals surface area (Å²) in [5.41, 5.74) is 2.18. The first-order valence-corrected chi connectivity index (χ1v) is 8.68. The van der Waals surface area contributed by atoms with E-state index in [9.17, 15) is 0 Å². The summed E-state index contributed by atoms with van der Waals surface area (Å²) < 4.78 is 6.96. The van der Waals surface area contributed by atoms with E-state index in [-0.39, 0.29) is 0 Å². The van der Waals surface area contributed by atoms with Crippen LogP contribution in [0.4, 0.5) is 0 Å². The summed E-state index contributed by atoms with van der Waals surface area (Å²) >= 11 is 1.70. The van der Waals surface area contributed by atoms with Crippen LogP contribution in [0.3, 0.4) is 0 Å². The Labute approximate surface area is 135 Å². The van der Waals surface area contributed by atoms with Crippen LogP contribution in [0.15, 0.2) is 42.5 Å². The molecule has 3 heteroatoms. The SMILES string of the molecule is CCCCCCOc1ccc(-c2nc3cc[c]cc3s2)cc1. The van der Waals surface area contributed by atoms with Crippen LogP contribution in [0.5, 0.6) is 5.75 Å². The summed E-state index contributed by atoms with van der Waals surface area (Å²) in [7, 11) is 0. The lowest BCUT2D eigenvalue weighted by Gasteiger charge is -2.06. The number of rotatable bonds is 7. The first kappa shape index (κ1) is 15.0. The van der Waals surface area contributed by atoms with Crippen molar-refractivity contribution in [3.8, 4) is 16.3 Å². The van der Waals surface area contributed by atoms with Gasteiger partial charge in [0.2, 0.25) is 0 Å². The van der Waals surface area contributed by atoms with Crippen LogP contribution in [0.25, 0.3) is 20.8 Å². The quantitative estimate of drug-likeness (QED) is 0.520. The predicted molar refractivity (Wildman–Crippen MR) is 93.5 cm³/mol. The molecule has 113 valence electrons. The maximum Gasteiger partial charge on any atom is 0.124 e. The maximum atomic E-state index is 5.78. The molecule has 0 bridgehead atoms. The number of hydrogen-bond acceptors (Lipinski definition) is 3. The highest BCUT2D eigenvalue weighted by Gasteiger charge is 2.05. The molecule has 0 aliphatic carbocycles. The smallest absolute Gasteiger partial charge is 0.124 e. The largest absolute Gasteiger partial charge is 0.494 e. The zero-order chi connectivity index (χ0) is 15.2. The molecule has 0 spiro atoms. The van der Waals surface area contributed by atoms with Crippen molar-refractivity contribution in [2.75, 3.05) is 6.61 Å². The zero-order valence-corrected chi connectivity index (χ0v) is 13.7. The van der Waals surface area contributed by atoms with Crippen LogP contribution in [-0.4, -0.2) is 11.6 Å². The van der Waals surface area contributed by atoms with Gasteiger partial charge >= 0.3 is 0 Å². The third-order valence-electron chi connectivity index (χ3n) is 3.60. The molecule has 0 aliphatic heterocycles. The molecule has 2 nitrogen and oxygen atoms in total. The Morgan fingerprint density at radius 2 is 1.95 bits per heavy atom.